The molecule has 1 atom stereocenters. The first kappa shape index (κ1) is 12.9. The van der Waals surface area contributed by atoms with E-state index in [4.69, 9.17) is 11.6 Å². The highest BCUT2D eigenvalue weighted by Crippen LogP contribution is 2.39. The molecule has 20 heavy (non-hydrogen) atoms. The number of carboxylic acids is 1. The molecule has 3 rings (SSSR count). The molecule has 4 nitrogen and oxygen atoms in total. The molecule has 1 unspecified atom stereocenters. The molecule has 1 aliphatic heterocycles. The van der Waals surface area contributed by atoms with Crippen molar-refractivity contribution in [2.24, 2.45) is 0 Å². The van der Waals surface area contributed by atoms with Crippen molar-refractivity contribution in [2.45, 2.75) is 19.4 Å². The highest BCUT2D eigenvalue weighted by Gasteiger charge is 2.30. The van der Waals surface area contributed by atoms with E-state index < -0.39 is 5.97 Å². The number of hydrogen-bond acceptors (Lipinski definition) is 3. The van der Waals surface area contributed by atoms with Crippen molar-refractivity contribution in [1.82, 2.24) is 4.98 Å². The second-order valence-electron chi connectivity index (χ2n) is 4.86. The number of carbonyl (C=O) groups is 1. The van der Waals surface area contributed by atoms with Crippen LogP contribution in [0.25, 0.3) is 0 Å². The molecule has 102 valence electrons. The first-order valence-corrected chi connectivity index (χ1v) is 6.72. The van der Waals surface area contributed by atoms with E-state index in [1.54, 1.807) is 0 Å². The SMILES string of the molecule is CC1Cc2ccccc2N1c1nc(Cl)ccc1C(=O)O. The number of pyridine rings is 1. The van der Waals surface area contributed by atoms with Gasteiger partial charge in [0.25, 0.3) is 0 Å². The Kier molecular flexibility index (Phi) is 3.10. The lowest BCUT2D eigenvalue weighted by molar-refractivity contribution is 0.0697. The second-order valence-corrected chi connectivity index (χ2v) is 5.25. The van der Waals surface area contributed by atoms with Crippen molar-refractivity contribution in [1.29, 1.82) is 0 Å². The van der Waals surface area contributed by atoms with Crippen LogP contribution in [0.4, 0.5) is 11.5 Å². The number of nitrogens with zero attached hydrogens (tertiary/aromatic N) is 2. The van der Waals surface area contributed by atoms with Crippen LogP contribution in [-0.2, 0) is 6.42 Å². The van der Waals surface area contributed by atoms with Gasteiger partial charge in [0.2, 0.25) is 0 Å². The molecular weight excluding hydrogens is 276 g/mol. The predicted molar refractivity (Wildman–Crippen MR) is 78.0 cm³/mol. The Bertz CT molecular complexity index is 687. The maximum atomic E-state index is 11.4. The summed E-state index contributed by atoms with van der Waals surface area (Å²) in [7, 11) is 0. The zero-order chi connectivity index (χ0) is 14.3. The summed E-state index contributed by atoms with van der Waals surface area (Å²) in [4.78, 5) is 17.6. The average molecular weight is 289 g/mol. The van der Waals surface area contributed by atoms with Crippen molar-refractivity contribution >= 4 is 29.1 Å². The fourth-order valence-corrected chi connectivity index (χ4v) is 2.81. The Morgan fingerprint density at radius 2 is 2.10 bits per heavy atom. The van der Waals surface area contributed by atoms with Crippen LogP contribution in [0, 0.1) is 0 Å². The highest BCUT2D eigenvalue weighted by atomic mass is 35.5. The summed E-state index contributed by atoms with van der Waals surface area (Å²) >= 11 is 5.94. The van der Waals surface area contributed by atoms with E-state index in [2.05, 4.69) is 11.1 Å². The van der Waals surface area contributed by atoms with Crippen LogP contribution in [-0.4, -0.2) is 22.1 Å². The molecule has 0 spiro atoms. The minimum absolute atomic E-state index is 0.150. The maximum absolute atomic E-state index is 11.4. The van der Waals surface area contributed by atoms with Crippen LogP contribution < -0.4 is 4.90 Å². The number of halogens is 1. The van der Waals surface area contributed by atoms with E-state index >= 15 is 0 Å². The number of carboxylic acid groups (broad SMARTS) is 1. The molecule has 0 bridgehead atoms. The summed E-state index contributed by atoms with van der Waals surface area (Å²) < 4.78 is 0. The summed E-state index contributed by atoms with van der Waals surface area (Å²) in [6.07, 6.45) is 0.865. The number of rotatable bonds is 2. The zero-order valence-electron chi connectivity index (χ0n) is 10.9. The van der Waals surface area contributed by atoms with Crippen molar-refractivity contribution in [3.63, 3.8) is 0 Å². The van der Waals surface area contributed by atoms with E-state index in [0.29, 0.717) is 11.0 Å². The van der Waals surface area contributed by atoms with Crippen molar-refractivity contribution in [3.05, 3.63) is 52.7 Å². The van der Waals surface area contributed by atoms with Crippen LogP contribution >= 0.6 is 11.6 Å². The van der Waals surface area contributed by atoms with Gasteiger partial charge in [-0.05, 0) is 37.1 Å². The minimum Gasteiger partial charge on any atom is -0.478 e. The van der Waals surface area contributed by atoms with Crippen molar-refractivity contribution < 1.29 is 9.90 Å². The summed E-state index contributed by atoms with van der Waals surface area (Å²) in [5.41, 5.74) is 2.35. The number of para-hydroxylation sites is 1. The largest absolute Gasteiger partial charge is 0.478 e. The molecule has 0 saturated carbocycles. The van der Waals surface area contributed by atoms with Crippen LogP contribution in [0.5, 0.6) is 0 Å². The smallest absolute Gasteiger partial charge is 0.339 e. The normalized spacial score (nSPS) is 17.1. The molecule has 0 amide bonds. The van der Waals surface area contributed by atoms with Crippen LogP contribution in [0.3, 0.4) is 0 Å². The standard InChI is InChI=1S/C15H13ClN2O2/c1-9-8-10-4-2-3-5-12(10)18(9)14-11(15(19)20)6-7-13(16)17-14/h2-7,9H,8H2,1H3,(H,19,20). The topological polar surface area (TPSA) is 53.4 Å². The van der Waals surface area contributed by atoms with Gasteiger partial charge in [-0.15, -0.1) is 0 Å². The summed E-state index contributed by atoms with van der Waals surface area (Å²) in [5, 5.41) is 9.63. The monoisotopic (exact) mass is 288 g/mol. The third-order valence-corrected chi connectivity index (χ3v) is 3.72. The van der Waals surface area contributed by atoms with Gasteiger partial charge in [-0.3, -0.25) is 0 Å². The van der Waals surface area contributed by atoms with Gasteiger partial charge in [0.15, 0.2) is 0 Å². The molecule has 0 radical (unpaired) electrons. The Morgan fingerprint density at radius 1 is 1.35 bits per heavy atom. The van der Waals surface area contributed by atoms with E-state index in [0.717, 1.165) is 12.1 Å². The van der Waals surface area contributed by atoms with Gasteiger partial charge in [0.05, 0.1) is 0 Å². The number of benzene rings is 1. The average Bonchev–Trinajstić information content (AvgIpc) is 2.73. The first-order valence-electron chi connectivity index (χ1n) is 6.35. The number of aromatic carboxylic acids is 1. The lowest BCUT2D eigenvalue weighted by Gasteiger charge is -2.25. The molecule has 1 aromatic carbocycles. The van der Waals surface area contributed by atoms with Gasteiger partial charge in [-0.25, -0.2) is 9.78 Å². The lowest BCUT2D eigenvalue weighted by Crippen LogP contribution is -2.26. The third kappa shape index (κ3) is 2.02. The van der Waals surface area contributed by atoms with E-state index in [-0.39, 0.29) is 11.6 Å². The van der Waals surface area contributed by atoms with Gasteiger partial charge in [-0.1, -0.05) is 29.8 Å². The number of anilines is 2. The van der Waals surface area contributed by atoms with Crippen molar-refractivity contribution in [2.75, 3.05) is 4.90 Å². The Hall–Kier alpha value is -2.07. The minimum atomic E-state index is -0.999. The van der Waals surface area contributed by atoms with E-state index in [1.807, 2.05) is 30.0 Å². The molecule has 2 heterocycles. The van der Waals surface area contributed by atoms with Gasteiger partial charge in [0, 0.05) is 11.7 Å². The Labute approximate surface area is 121 Å². The molecule has 1 aliphatic rings. The number of fused-ring (bicyclic) bond motifs is 1. The van der Waals surface area contributed by atoms with Crippen LogP contribution in [0.15, 0.2) is 36.4 Å². The molecule has 5 heteroatoms. The maximum Gasteiger partial charge on any atom is 0.339 e. The molecule has 1 aromatic heterocycles. The molecule has 0 saturated heterocycles. The zero-order valence-corrected chi connectivity index (χ0v) is 11.6. The van der Waals surface area contributed by atoms with Crippen LogP contribution in [0.1, 0.15) is 22.8 Å². The number of aromatic nitrogens is 1. The summed E-state index contributed by atoms with van der Waals surface area (Å²) in [6, 6.07) is 11.1. The fraction of sp³-hybridized carbons (Fsp3) is 0.200. The first-order chi connectivity index (χ1) is 9.58. The van der Waals surface area contributed by atoms with Gasteiger partial charge >= 0.3 is 5.97 Å². The quantitative estimate of drug-likeness (QED) is 0.859. The molecule has 0 fully saturated rings. The van der Waals surface area contributed by atoms with Gasteiger partial charge < -0.3 is 10.0 Å². The molecule has 2 aromatic rings. The summed E-state index contributed by atoms with van der Waals surface area (Å²) in [6.45, 7) is 2.05. The Morgan fingerprint density at radius 3 is 2.85 bits per heavy atom. The second kappa shape index (κ2) is 4.80. The third-order valence-electron chi connectivity index (χ3n) is 3.51. The summed E-state index contributed by atoms with van der Waals surface area (Å²) in [5.74, 6) is -0.594. The fourth-order valence-electron chi connectivity index (χ4n) is 2.66. The predicted octanol–water partition coefficient (Wildman–Crippen LogP) is 3.52. The van der Waals surface area contributed by atoms with E-state index in [9.17, 15) is 9.90 Å². The highest BCUT2D eigenvalue weighted by molar-refractivity contribution is 6.29. The molecule has 1 N–H and O–H groups in total. The Balaban J connectivity index is 2.18. The lowest BCUT2D eigenvalue weighted by atomic mass is 10.1. The van der Waals surface area contributed by atoms with Crippen molar-refractivity contribution in [3.8, 4) is 0 Å². The van der Waals surface area contributed by atoms with Gasteiger partial charge in [0.1, 0.15) is 16.5 Å². The van der Waals surface area contributed by atoms with E-state index in [1.165, 1.54) is 17.7 Å². The molecule has 0 aliphatic carbocycles. The molecular formula is C15H13ClN2O2. The van der Waals surface area contributed by atoms with Crippen LogP contribution in [0.2, 0.25) is 5.15 Å². The van der Waals surface area contributed by atoms with Gasteiger partial charge in [-0.2, -0.15) is 0 Å². The number of hydrogen-bond donors (Lipinski definition) is 1.